The van der Waals surface area contributed by atoms with Crippen molar-refractivity contribution in [1.82, 2.24) is 9.97 Å². The van der Waals surface area contributed by atoms with Gasteiger partial charge in [-0.2, -0.15) is 0 Å². The predicted molar refractivity (Wildman–Crippen MR) is 148 cm³/mol. The van der Waals surface area contributed by atoms with E-state index < -0.39 is 0 Å². The van der Waals surface area contributed by atoms with Crippen LogP contribution in [0.25, 0.3) is 5.57 Å². The van der Waals surface area contributed by atoms with Crippen molar-refractivity contribution in [2.24, 2.45) is 10.9 Å². The van der Waals surface area contributed by atoms with Gasteiger partial charge in [0.05, 0.1) is 10.6 Å². The highest BCUT2D eigenvalue weighted by Crippen LogP contribution is 2.51. The lowest BCUT2D eigenvalue weighted by molar-refractivity contribution is 0.409. The maximum atomic E-state index is 7.39. The fourth-order valence-corrected chi connectivity index (χ4v) is 6.30. The smallest absolute Gasteiger partial charge is 0.0881 e. The third-order valence-electron chi connectivity index (χ3n) is 8.33. The third-order valence-corrected chi connectivity index (χ3v) is 8.72. The predicted octanol–water partition coefficient (Wildman–Crippen LogP) is 7.70. The zero-order chi connectivity index (χ0) is 24.8. The summed E-state index contributed by atoms with van der Waals surface area (Å²) in [4.78, 5) is 14.0. The molecular weight excluding hydrogens is 462 g/mol. The molecule has 0 spiro atoms. The summed E-state index contributed by atoms with van der Waals surface area (Å²) in [6, 6.07) is 19.0. The molecule has 3 heterocycles. The van der Waals surface area contributed by atoms with Gasteiger partial charge in [0.2, 0.25) is 0 Å². The number of aromatic nitrogens is 2. The number of rotatable bonds is 5. The van der Waals surface area contributed by atoms with Crippen LogP contribution in [0.3, 0.4) is 0 Å². The van der Waals surface area contributed by atoms with Crippen molar-refractivity contribution in [3.05, 3.63) is 124 Å². The molecule has 0 bridgehead atoms. The topological polar surface area (TPSA) is 38.1 Å². The Morgan fingerprint density at radius 2 is 1.50 bits per heavy atom. The number of allylic oxidation sites excluding steroid dienone is 3. The van der Waals surface area contributed by atoms with Gasteiger partial charge in [-0.15, -0.1) is 0 Å². The maximum Gasteiger partial charge on any atom is 0.0881 e. The van der Waals surface area contributed by atoms with Gasteiger partial charge in [-0.3, -0.25) is 15.0 Å². The van der Waals surface area contributed by atoms with Crippen LogP contribution in [0.4, 0.5) is 0 Å². The number of fused-ring (bicyclic) bond motifs is 1. The normalized spacial score (nSPS) is 22.2. The van der Waals surface area contributed by atoms with Crippen molar-refractivity contribution >= 4 is 22.9 Å². The molecule has 2 aromatic heterocycles. The molecule has 0 radical (unpaired) electrons. The number of aliphatic imine (C=N–C) groups is 1. The van der Waals surface area contributed by atoms with E-state index in [-0.39, 0.29) is 11.0 Å². The lowest BCUT2D eigenvalue weighted by atomic mass is 9.66. The van der Waals surface area contributed by atoms with E-state index in [0.29, 0.717) is 5.92 Å². The van der Waals surface area contributed by atoms with Gasteiger partial charge in [0.1, 0.15) is 0 Å². The van der Waals surface area contributed by atoms with Crippen LogP contribution in [0.15, 0.2) is 113 Å². The van der Waals surface area contributed by atoms with E-state index in [2.05, 4.69) is 90.6 Å². The van der Waals surface area contributed by atoms with Gasteiger partial charge >= 0.3 is 0 Å². The molecule has 1 aliphatic heterocycles. The fourth-order valence-electron chi connectivity index (χ4n) is 5.84. The molecular formula is C32H30ClN3. The molecule has 3 aliphatic rings. The minimum Gasteiger partial charge on any atom is -0.277 e. The van der Waals surface area contributed by atoms with Gasteiger partial charge in [0.25, 0.3) is 0 Å². The van der Waals surface area contributed by atoms with Crippen LogP contribution in [0.5, 0.6) is 0 Å². The molecule has 1 saturated carbocycles. The Bertz CT molecular complexity index is 1360. The van der Waals surface area contributed by atoms with E-state index in [1.807, 2.05) is 24.8 Å². The van der Waals surface area contributed by atoms with E-state index in [1.165, 1.54) is 41.7 Å². The van der Waals surface area contributed by atoms with Crippen molar-refractivity contribution in [2.75, 3.05) is 0 Å². The number of dihydropyridines is 1. The van der Waals surface area contributed by atoms with Crippen molar-refractivity contribution in [2.45, 2.75) is 50.5 Å². The highest BCUT2D eigenvalue weighted by Gasteiger charge is 2.43. The van der Waals surface area contributed by atoms with Gasteiger partial charge in [-0.1, -0.05) is 60.5 Å². The van der Waals surface area contributed by atoms with Gasteiger partial charge < -0.3 is 0 Å². The summed E-state index contributed by atoms with van der Waals surface area (Å²) in [5, 5.41) is 0.845. The molecule has 1 unspecified atom stereocenters. The average Bonchev–Trinajstić information content (AvgIpc) is 2.88. The Labute approximate surface area is 218 Å². The van der Waals surface area contributed by atoms with Crippen LogP contribution < -0.4 is 0 Å². The van der Waals surface area contributed by atoms with E-state index in [4.69, 9.17) is 16.6 Å². The quantitative estimate of drug-likeness (QED) is 0.366. The van der Waals surface area contributed by atoms with Crippen molar-refractivity contribution < 1.29 is 0 Å². The summed E-state index contributed by atoms with van der Waals surface area (Å²) in [6.07, 6.45) is 16.6. The summed E-state index contributed by atoms with van der Waals surface area (Å²) < 4.78 is 0. The first-order chi connectivity index (χ1) is 17.5. The zero-order valence-electron chi connectivity index (χ0n) is 20.8. The number of halogens is 1. The first kappa shape index (κ1) is 23.1. The van der Waals surface area contributed by atoms with Gasteiger partial charge in [-0.25, -0.2) is 0 Å². The zero-order valence-corrected chi connectivity index (χ0v) is 21.5. The Balaban J connectivity index is 1.53. The van der Waals surface area contributed by atoms with E-state index >= 15 is 0 Å². The highest BCUT2D eigenvalue weighted by molar-refractivity contribution is 6.44. The van der Waals surface area contributed by atoms with Crippen molar-refractivity contribution in [1.29, 1.82) is 0 Å². The molecule has 3 aromatic rings. The molecule has 2 aliphatic carbocycles. The molecule has 1 atom stereocenters. The summed E-state index contributed by atoms with van der Waals surface area (Å²) in [7, 11) is 0. The van der Waals surface area contributed by atoms with Gasteiger partial charge in [0.15, 0.2) is 0 Å². The highest BCUT2D eigenvalue weighted by atomic mass is 35.5. The largest absolute Gasteiger partial charge is 0.277 e. The second-order valence-electron chi connectivity index (χ2n) is 10.5. The molecule has 4 heteroatoms. The lowest BCUT2D eigenvalue weighted by Gasteiger charge is -2.42. The number of hydrogen-bond acceptors (Lipinski definition) is 3. The van der Waals surface area contributed by atoms with Crippen LogP contribution in [0, 0.1) is 5.92 Å². The van der Waals surface area contributed by atoms with E-state index in [1.54, 1.807) is 0 Å². The minimum atomic E-state index is -0.373. The summed E-state index contributed by atoms with van der Waals surface area (Å²) in [5.41, 5.74) is 7.43. The molecule has 180 valence electrons. The Morgan fingerprint density at radius 1 is 0.889 bits per heavy atom. The third kappa shape index (κ3) is 3.69. The Hall–Kier alpha value is -3.30. The number of hydrogen-bond donors (Lipinski definition) is 0. The monoisotopic (exact) mass is 491 g/mol. The SMILES string of the molecule is CC12CC=C(C(C)(c3ccncc3)c3ccncc3)C=C1C(Cl)=C(c1ccccc1)C(C1CCC1)=N2. The summed E-state index contributed by atoms with van der Waals surface area (Å²) in [5.74, 6) is 0.497. The van der Waals surface area contributed by atoms with Gasteiger partial charge in [0, 0.05) is 47.4 Å². The first-order valence-electron chi connectivity index (χ1n) is 12.8. The molecule has 0 amide bonds. The van der Waals surface area contributed by atoms with Crippen LogP contribution in [-0.4, -0.2) is 21.2 Å². The molecule has 0 saturated heterocycles. The summed E-state index contributed by atoms with van der Waals surface area (Å²) in [6.45, 7) is 4.52. The number of nitrogens with zero attached hydrogens (tertiary/aromatic N) is 3. The number of pyridine rings is 2. The first-order valence-corrected chi connectivity index (χ1v) is 13.2. The molecule has 1 aromatic carbocycles. The molecule has 36 heavy (non-hydrogen) atoms. The fraction of sp³-hybridized carbons (Fsp3) is 0.281. The average molecular weight is 492 g/mol. The van der Waals surface area contributed by atoms with Crippen molar-refractivity contribution in [3.63, 3.8) is 0 Å². The van der Waals surface area contributed by atoms with E-state index in [0.717, 1.165) is 28.2 Å². The summed E-state index contributed by atoms with van der Waals surface area (Å²) >= 11 is 7.39. The minimum absolute atomic E-state index is 0.360. The van der Waals surface area contributed by atoms with Gasteiger partial charge in [-0.05, 0) is 85.2 Å². The molecule has 3 nitrogen and oxygen atoms in total. The standard InChI is InChI=1S/C32H30ClN3/c1-31-16-11-26(32(2,24-12-17-34-18-13-24)25-14-19-35-20-15-25)21-27(31)29(33)28(22-7-4-3-5-8-22)30(36-31)23-9-6-10-23/h3-5,7-8,11-15,17-21,23H,6,9-10,16H2,1-2H3. The maximum absolute atomic E-state index is 7.39. The molecule has 0 N–H and O–H groups in total. The number of benzene rings is 1. The van der Waals surface area contributed by atoms with Crippen LogP contribution in [0.2, 0.25) is 0 Å². The molecule has 6 rings (SSSR count). The van der Waals surface area contributed by atoms with Crippen LogP contribution in [-0.2, 0) is 5.41 Å². The van der Waals surface area contributed by atoms with Crippen LogP contribution >= 0.6 is 11.6 Å². The molecule has 1 fully saturated rings. The Kier molecular flexibility index (Phi) is 5.76. The lowest BCUT2D eigenvalue weighted by Crippen LogP contribution is -2.38. The van der Waals surface area contributed by atoms with Crippen molar-refractivity contribution in [3.8, 4) is 0 Å². The van der Waals surface area contributed by atoms with E-state index in [9.17, 15) is 0 Å². The Morgan fingerprint density at radius 3 is 2.06 bits per heavy atom. The van der Waals surface area contributed by atoms with Crippen LogP contribution in [0.1, 0.15) is 56.2 Å². The second kappa shape index (κ2) is 8.97. The second-order valence-corrected chi connectivity index (χ2v) is 10.9.